The smallest absolute Gasteiger partial charge is 0.0561 e. The van der Waals surface area contributed by atoms with E-state index in [0.717, 1.165) is 23.7 Å². The Labute approximate surface area is 353 Å². The molecule has 7 aromatic carbocycles. The first-order valence-electron chi connectivity index (χ1n) is 23.1. The van der Waals surface area contributed by atoms with E-state index < -0.39 is 0 Å². The number of hydrogen-bond acceptors (Lipinski definition) is 1. The largest absolute Gasteiger partial charge is 0.310 e. The highest BCUT2D eigenvalue weighted by atomic mass is 15.1. The zero-order valence-electron chi connectivity index (χ0n) is 34.3. The van der Waals surface area contributed by atoms with E-state index in [1.54, 1.807) is 22.3 Å². The standard InChI is InChI=1S/C58H50N2/c1-3-13-41(14-4-1)60-55-20-10-7-17-47(55)48-24-21-44(36-56(48)60)59(42-22-25-52-49(34-42)45-15-5-8-18-51(45)57(52)27-11-2-12-28-57)43-23-26-54-50(35-43)46-16-6-9-19-53(46)58(54)39-30-37-29-38(32-39)33-40(58)31-37/h1,3-10,13-26,34-40H,2,11-12,27-33H2. The number of rotatable bonds is 4. The lowest BCUT2D eigenvalue weighted by atomic mass is 9.43. The molecule has 0 aliphatic heterocycles. The van der Waals surface area contributed by atoms with E-state index in [-0.39, 0.29) is 10.8 Å². The minimum atomic E-state index is 0.132. The lowest BCUT2D eigenvalue weighted by Gasteiger charge is -2.61. The van der Waals surface area contributed by atoms with Crippen LogP contribution in [0.3, 0.4) is 0 Å². The molecule has 292 valence electrons. The van der Waals surface area contributed by atoms with Crippen LogP contribution in [0.5, 0.6) is 0 Å². The maximum Gasteiger partial charge on any atom is 0.0561 e. The van der Waals surface area contributed by atoms with Gasteiger partial charge in [-0.1, -0.05) is 122 Å². The van der Waals surface area contributed by atoms with Crippen LogP contribution in [0, 0.1) is 23.7 Å². The molecule has 0 N–H and O–H groups in total. The second-order valence-corrected chi connectivity index (χ2v) is 19.6. The first-order chi connectivity index (χ1) is 29.7. The van der Waals surface area contributed by atoms with Crippen LogP contribution < -0.4 is 4.90 Å². The molecule has 1 aromatic heterocycles. The summed E-state index contributed by atoms with van der Waals surface area (Å²) in [7, 11) is 0. The third-order valence-corrected chi connectivity index (χ3v) is 16.9. The predicted molar refractivity (Wildman–Crippen MR) is 248 cm³/mol. The average Bonchev–Trinajstić information content (AvgIpc) is 3.88. The Morgan fingerprint density at radius 2 is 0.950 bits per heavy atom. The number of aromatic nitrogens is 1. The Morgan fingerprint density at radius 3 is 1.70 bits per heavy atom. The van der Waals surface area contributed by atoms with Crippen LogP contribution in [0.25, 0.3) is 49.7 Å². The van der Waals surface area contributed by atoms with Gasteiger partial charge in [0, 0.05) is 44.4 Å². The predicted octanol–water partition coefficient (Wildman–Crippen LogP) is 15.2. The van der Waals surface area contributed by atoms with Crippen molar-refractivity contribution in [3.05, 3.63) is 180 Å². The Morgan fingerprint density at radius 1 is 0.417 bits per heavy atom. The van der Waals surface area contributed by atoms with E-state index >= 15 is 0 Å². The molecule has 0 radical (unpaired) electrons. The molecule has 1 heterocycles. The zero-order chi connectivity index (χ0) is 39.2. The first kappa shape index (κ1) is 33.9. The summed E-state index contributed by atoms with van der Waals surface area (Å²) in [5.74, 6) is 3.37. The molecule has 2 nitrogen and oxygen atoms in total. The van der Waals surface area contributed by atoms with Crippen LogP contribution >= 0.6 is 0 Å². The summed E-state index contributed by atoms with van der Waals surface area (Å²) in [4.78, 5) is 2.59. The second-order valence-electron chi connectivity index (χ2n) is 19.6. The third-order valence-electron chi connectivity index (χ3n) is 16.9. The molecule has 7 aliphatic rings. The lowest BCUT2D eigenvalue weighted by Crippen LogP contribution is -2.55. The van der Waals surface area contributed by atoms with Crippen LogP contribution in [0.15, 0.2) is 158 Å². The quantitative estimate of drug-likeness (QED) is 0.173. The molecular formula is C58H50N2. The van der Waals surface area contributed by atoms with Gasteiger partial charge in [-0.15, -0.1) is 0 Å². The molecule has 60 heavy (non-hydrogen) atoms. The fourth-order valence-corrected chi connectivity index (χ4v) is 15.0. The van der Waals surface area contributed by atoms with E-state index in [9.17, 15) is 0 Å². The van der Waals surface area contributed by atoms with Gasteiger partial charge in [-0.25, -0.2) is 0 Å². The summed E-state index contributed by atoms with van der Waals surface area (Å²) in [6.07, 6.45) is 13.5. The fourth-order valence-electron chi connectivity index (χ4n) is 15.0. The van der Waals surface area contributed by atoms with Crippen LogP contribution in [-0.2, 0) is 10.8 Å². The van der Waals surface area contributed by atoms with Gasteiger partial charge in [-0.2, -0.15) is 0 Å². The van der Waals surface area contributed by atoms with E-state index in [0.29, 0.717) is 0 Å². The number of benzene rings is 7. The van der Waals surface area contributed by atoms with Gasteiger partial charge in [0.05, 0.1) is 11.0 Å². The van der Waals surface area contributed by atoms with Crippen molar-refractivity contribution >= 4 is 38.9 Å². The molecule has 4 bridgehead atoms. The van der Waals surface area contributed by atoms with Crippen molar-refractivity contribution < 1.29 is 0 Å². The topological polar surface area (TPSA) is 8.17 Å². The molecule has 5 fully saturated rings. The van der Waals surface area contributed by atoms with Gasteiger partial charge in [-0.05, 0) is 168 Å². The highest BCUT2D eigenvalue weighted by molar-refractivity contribution is 6.10. The van der Waals surface area contributed by atoms with Gasteiger partial charge in [0.2, 0.25) is 0 Å². The van der Waals surface area contributed by atoms with Crippen LogP contribution in [0.1, 0.15) is 86.5 Å². The zero-order valence-corrected chi connectivity index (χ0v) is 34.3. The molecule has 0 unspecified atom stereocenters. The Hall–Kier alpha value is -5.86. The summed E-state index contributed by atoms with van der Waals surface area (Å²) in [6, 6.07) is 61.2. The van der Waals surface area contributed by atoms with E-state index in [1.165, 1.54) is 131 Å². The van der Waals surface area contributed by atoms with Crippen molar-refractivity contribution in [3.8, 4) is 27.9 Å². The first-order valence-corrected chi connectivity index (χ1v) is 23.1. The van der Waals surface area contributed by atoms with E-state index in [2.05, 4.69) is 167 Å². The van der Waals surface area contributed by atoms with Gasteiger partial charge in [0.25, 0.3) is 0 Å². The maximum absolute atomic E-state index is 2.60. The number of nitrogens with zero attached hydrogens (tertiary/aromatic N) is 2. The molecule has 7 aliphatic carbocycles. The summed E-state index contributed by atoms with van der Waals surface area (Å²) in [6.45, 7) is 0. The molecular weight excluding hydrogens is 725 g/mol. The SMILES string of the molecule is c1ccc(-n2c3ccccc3c3ccc(N(c4ccc5c(c4)-c4ccccc4C54CCCCC4)c4ccc5c(c4)-c4ccccc4C54C5CC6CC(C5)CC4C6)cc32)cc1. The molecule has 2 spiro atoms. The van der Waals surface area contributed by atoms with Gasteiger partial charge in [0.15, 0.2) is 0 Å². The number of para-hydroxylation sites is 2. The molecule has 0 amide bonds. The van der Waals surface area contributed by atoms with Crippen molar-refractivity contribution in [1.29, 1.82) is 0 Å². The number of anilines is 3. The average molecular weight is 775 g/mol. The lowest BCUT2D eigenvalue weighted by molar-refractivity contribution is -0.0399. The van der Waals surface area contributed by atoms with Gasteiger partial charge >= 0.3 is 0 Å². The Bertz CT molecular complexity index is 3020. The summed E-state index contributed by atoms with van der Waals surface area (Å²) in [5.41, 5.74) is 19.7. The van der Waals surface area contributed by atoms with Gasteiger partial charge < -0.3 is 9.47 Å². The Kier molecular flexibility index (Phi) is 6.98. The van der Waals surface area contributed by atoms with E-state index in [1.807, 2.05) is 0 Å². The van der Waals surface area contributed by atoms with Gasteiger partial charge in [0.1, 0.15) is 0 Å². The summed E-state index contributed by atoms with van der Waals surface area (Å²) in [5, 5.41) is 2.57. The van der Waals surface area contributed by atoms with Crippen molar-refractivity contribution in [2.75, 3.05) is 4.90 Å². The minimum Gasteiger partial charge on any atom is -0.310 e. The molecule has 8 aromatic rings. The summed E-state index contributed by atoms with van der Waals surface area (Å²) < 4.78 is 2.47. The highest BCUT2D eigenvalue weighted by Crippen LogP contribution is 2.69. The molecule has 5 saturated carbocycles. The molecule has 2 heteroatoms. The normalized spacial score (nSPS) is 24.9. The van der Waals surface area contributed by atoms with Crippen molar-refractivity contribution in [2.45, 2.75) is 75.0 Å². The highest BCUT2D eigenvalue weighted by Gasteiger charge is 2.61. The van der Waals surface area contributed by atoms with Gasteiger partial charge in [-0.3, -0.25) is 0 Å². The summed E-state index contributed by atoms with van der Waals surface area (Å²) >= 11 is 0. The molecule has 0 saturated heterocycles. The maximum atomic E-state index is 2.60. The Balaban J connectivity index is 1.00. The van der Waals surface area contributed by atoms with Crippen molar-refractivity contribution in [1.82, 2.24) is 4.57 Å². The van der Waals surface area contributed by atoms with Crippen molar-refractivity contribution in [2.24, 2.45) is 23.7 Å². The van der Waals surface area contributed by atoms with Crippen molar-refractivity contribution in [3.63, 3.8) is 0 Å². The third kappa shape index (κ3) is 4.40. The number of fused-ring (bicyclic) bond motifs is 11. The van der Waals surface area contributed by atoms with E-state index in [4.69, 9.17) is 0 Å². The van der Waals surface area contributed by atoms with Crippen LogP contribution in [0.4, 0.5) is 17.1 Å². The second kappa shape index (κ2) is 12.4. The number of hydrogen-bond donors (Lipinski definition) is 0. The fraction of sp³-hybridized carbons (Fsp3) is 0.276. The molecule has 15 rings (SSSR count). The van der Waals surface area contributed by atoms with Crippen LogP contribution in [0.2, 0.25) is 0 Å². The van der Waals surface area contributed by atoms with Crippen LogP contribution in [-0.4, -0.2) is 4.57 Å². The monoisotopic (exact) mass is 774 g/mol. The minimum absolute atomic E-state index is 0.132. The molecule has 0 atom stereocenters.